The molecule has 0 aliphatic carbocycles. The molecular formula is C31H51N9Y+2. The number of aromatic nitrogens is 9. The second-order valence-electron chi connectivity index (χ2n) is 10.1. The van der Waals surface area contributed by atoms with E-state index in [9.17, 15) is 0 Å². The first-order chi connectivity index (χ1) is 18.7. The van der Waals surface area contributed by atoms with E-state index in [-0.39, 0.29) is 32.7 Å². The van der Waals surface area contributed by atoms with Crippen LogP contribution >= 0.6 is 0 Å². The first-order valence-electron chi connectivity index (χ1n) is 13.3. The van der Waals surface area contributed by atoms with Gasteiger partial charge in [-0.25, -0.2) is 27.4 Å². The molecule has 0 N–H and O–H groups in total. The zero-order valence-corrected chi connectivity index (χ0v) is 30.6. The Hall–Kier alpha value is -2.91. The van der Waals surface area contributed by atoms with Crippen molar-refractivity contribution in [2.45, 2.75) is 48.5 Å². The number of aryl methyl sites for hydroxylation is 8. The average Bonchev–Trinajstić information content (AvgIpc) is 3.59. The molecule has 221 valence electrons. The van der Waals surface area contributed by atoms with Crippen LogP contribution in [-0.4, -0.2) is 28.5 Å². The molecule has 10 heteroatoms. The van der Waals surface area contributed by atoms with Crippen molar-refractivity contribution in [3.05, 3.63) is 102 Å². The van der Waals surface area contributed by atoms with E-state index in [1.165, 1.54) is 34.3 Å². The van der Waals surface area contributed by atoms with Crippen LogP contribution in [0, 0.1) is 54.5 Å². The number of hydrogen-bond donors (Lipinski definition) is 0. The molecule has 0 spiro atoms. The van der Waals surface area contributed by atoms with Crippen LogP contribution in [0.25, 0.3) is 0 Å². The van der Waals surface area contributed by atoms with E-state index in [1.54, 1.807) is 6.33 Å². The standard InChI is InChI=1S/C8H15N2.C7H7.2C6H11N2.C4H7N3.Y/c1-6-7(2)10(5)8(3)9(6)4;1-7-5-3-2-4-6-7;1-6-4-7(2)5-8(6)3;1-6-7(2)4-5-8(6)3;1-4-6-5-3-7(4)2;/h1-5H3;3-6H,1H3;2*4-5H,1-3H3;3H,1-2H3;/q+1;-1;2*+1;;. The molecule has 1 radical (unpaired) electrons. The number of rotatable bonds is 0. The van der Waals surface area contributed by atoms with Crippen molar-refractivity contribution in [2.24, 2.45) is 49.3 Å². The van der Waals surface area contributed by atoms with Gasteiger partial charge in [0.05, 0.1) is 42.3 Å². The van der Waals surface area contributed by atoms with E-state index in [1.807, 2.05) is 94.3 Å². The zero-order valence-electron chi connectivity index (χ0n) is 27.8. The second-order valence-corrected chi connectivity index (χ2v) is 10.1. The second kappa shape index (κ2) is 18.5. The van der Waals surface area contributed by atoms with Crippen molar-refractivity contribution >= 4 is 0 Å². The molecule has 0 aliphatic rings. The van der Waals surface area contributed by atoms with Gasteiger partial charge in [0.1, 0.15) is 47.8 Å². The van der Waals surface area contributed by atoms with E-state index >= 15 is 0 Å². The molecule has 9 nitrogen and oxygen atoms in total. The summed E-state index contributed by atoms with van der Waals surface area (Å²) in [5.41, 5.74) is 5.27. The van der Waals surface area contributed by atoms with Crippen LogP contribution in [0.15, 0.2) is 55.5 Å². The number of nitrogens with zero attached hydrogens (tertiary/aromatic N) is 9. The zero-order chi connectivity index (χ0) is 30.6. The maximum absolute atomic E-state index is 3.73. The summed E-state index contributed by atoms with van der Waals surface area (Å²) in [6.45, 7) is 14.5. The first-order valence-corrected chi connectivity index (χ1v) is 13.3. The van der Waals surface area contributed by atoms with Crippen molar-refractivity contribution < 1.29 is 46.4 Å². The molecule has 0 aliphatic heterocycles. The SMILES string of the molecule is Cc1c(C)[n+](C)c(C)n1C.Cc1c[n+](C)cn1C.Cc1cc[c-]cc1.Cc1n(C)cc[n+]1C.Cc1nncn1C.[Y]. The fraction of sp³-hybridized carbons (Fsp3) is 0.452. The molecular weight excluding hydrogens is 587 g/mol. The van der Waals surface area contributed by atoms with Crippen LogP contribution in [0.2, 0.25) is 0 Å². The normalized spacial score (nSPS) is 9.51. The van der Waals surface area contributed by atoms with Crippen LogP contribution < -0.4 is 13.7 Å². The van der Waals surface area contributed by atoms with E-state index in [2.05, 4.69) is 101 Å². The van der Waals surface area contributed by atoms with E-state index in [4.69, 9.17) is 0 Å². The van der Waals surface area contributed by atoms with E-state index < -0.39 is 0 Å². The monoisotopic (exact) mass is 638 g/mol. The maximum atomic E-state index is 3.73. The Kier molecular flexibility index (Phi) is 17.2. The third-order valence-electron chi connectivity index (χ3n) is 7.16. The quantitative estimate of drug-likeness (QED) is 0.194. The van der Waals surface area contributed by atoms with Gasteiger partial charge < -0.3 is 4.57 Å². The van der Waals surface area contributed by atoms with Gasteiger partial charge in [-0.2, -0.15) is 35.9 Å². The Bertz CT molecular complexity index is 1300. The summed E-state index contributed by atoms with van der Waals surface area (Å²) in [5.74, 6) is 3.51. The van der Waals surface area contributed by atoms with E-state index in [0.717, 1.165) is 5.82 Å². The molecule has 0 saturated heterocycles. The van der Waals surface area contributed by atoms with Crippen molar-refractivity contribution in [1.82, 2.24) is 28.5 Å². The molecule has 1 aromatic carbocycles. The summed E-state index contributed by atoms with van der Waals surface area (Å²) in [6.07, 6.45) is 9.87. The molecule has 0 saturated carbocycles. The molecule has 4 aromatic heterocycles. The molecule has 5 aromatic rings. The summed E-state index contributed by atoms with van der Waals surface area (Å²) in [4.78, 5) is 0. The Morgan fingerprint density at radius 3 is 1.51 bits per heavy atom. The van der Waals surface area contributed by atoms with Crippen LogP contribution in [-0.2, 0) is 82.0 Å². The van der Waals surface area contributed by atoms with Gasteiger partial charge in [0.25, 0.3) is 11.6 Å². The summed E-state index contributed by atoms with van der Waals surface area (Å²) >= 11 is 0. The summed E-state index contributed by atoms with van der Waals surface area (Å²) in [6, 6.07) is 10.8. The topological polar surface area (TPSA) is 57.1 Å². The van der Waals surface area contributed by atoms with Crippen molar-refractivity contribution in [1.29, 1.82) is 0 Å². The Balaban J connectivity index is 0.000000488. The third-order valence-corrected chi connectivity index (χ3v) is 7.16. The molecule has 0 unspecified atom stereocenters. The number of hydrogen-bond acceptors (Lipinski definition) is 2. The van der Waals surface area contributed by atoms with Gasteiger partial charge in [0.2, 0.25) is 6.33 Å². The molecule has 0 amide bonds. The fourth-order valence-corrected chi connectivity index (χ4v) is 3.45. The Morgan fingerprint density at radius 2 is 1.37 bits per heavy atom. The number of benzene rings is 1. The summed E-state index contributed by atoms with van der Waals surface area (Å²) in [5, 5.41) is 7.36. The smallest absolute Gasteiger partial charge is 0.253 e. The first kappa shape index (κ1) is 38.1. The minimum absolute atomic E-state index is 0. The minimum atomic E-state index is 0. The third kappa shape index (κ3) is 12.7. The van der Waals surface area contributed by atoms with Crippen LogP contribution in [0.4, 0.5) is 0 Å². The molecule has 5 rings (SSSR count). The van der Waals surface area contributed by atoms with E-state index in [0.29, 0.717) is 0 Å². The molecule has 0 bridgehead atoms. The summed E-state index contributed by atoms with van der Waals surface area (Å²) < 4.78 is 14.6. The van der Waals surface area contributed by atoms with Gasteiger partial charge in [-0.15, -0.1) is 10.2 Å². The minimum Gasteiger partial charge on any atom is -0.321 e. The predicted octanol–water partition coefficient (Wildman–Crippen LogP) is 3.01. The molecule has 41 heavy (non-hydrogen) atoms. The van der Waals surface area contributed by atoms with Crippen molar-refractivity contribution in [3.63, 3.8) is 0 Å². The molecule has 0 fully saturated rings. The molecule has 0 atom stereocenters. The molecule has 4 heterocycles. The van der Waals surface area contributed by atoms with Gasteiger partial charge in [0.15, 0.2) is 0 Å². The maximum Gasteiger partial charge on any atom is 0.253 e. The average molecular weight is 639 g/mol. The number of imidazole rings is 3. The predicted molar refractivity (Wildman–Crippen MR) is 159 cm³/mol. The van der Waals surface area contributed by atoms with Crippen molar-refractivity contribution in [3.8, 4) is 0 Å². The van der Waals surface area contributed by atoms with Gasteiger partial charge in [0, 0.05) is 74.4 Å². The van der Waals surface area contributed by atoms with Crippen molar-refractivity contribution in [2.75, 3.05) is 0 Å². The summed E-state index contributed by atoms with van der Waals surface area (Å²) in [7, 11) is 14.2. The van der Waals surface area contributed by atoms with Gasteiger partial charge in [-0.3, -0.25) is 0 Å². The largest absolute Gasteiger partial charge is 0.321 e. The van der Waals surface area contributed by atoms with Gasteiger partial charge in [-0.05, 0) is 6.92 Å². The van der Waals surface area contributed by atoms with Crippen LogP contribution in [0.1, 0.15) is 40.1 Å². The van der Waals surface area contributed by atoms with Crippen LogP contribution in [0.5, 0.6) is 0 Å². The van der Waals surface area contributed by atoms with Crippen LogP contribution in [0.3, 0.4) is 0 Å². The Labute approximate surface area is 273 Å². The van der Waals surface area contributed by atoms with Gasteiger partial charge in [-0.1, -0.05) is 6.92 Å². The fourth-order valence-electron chi connectivity index (χ4n) is 3.45. The van der Waals surface area contributed by atoms with Gasteiger partial charge >= 0.3 is 0 Å². The Morgan fingerprint density at radius 1 is 0.780 bits per heavy atom.